The van der Waals surface area contributed by atoms with Gasteiger partial charge in [-0.1, -0.05) is 19.8 Å². The molecule has 2 unspecified atom stereocenters. The van der Waals surface area contributed by atoms with Crippen molar-refractivity contribution in [3.63, 3.8) is 0 Å². The molecule has 2 rings (SSSR count). The van der Waals surface area contributed by atoms with E-state index >= 15 is 0 Å². The Morgan fingerprint density at radius 3 is 2.86 bits per heavy atom. The van der Waals surface area contributed by atoms with E-state index in [4.69, 9.17) is 0 Å². The summed E-state index contributed by atoms with van der Waals surface area (Å²) >= 11 is 1.52. The Kier molecular flexibility index (Phi) is 4.82. The summed E-state index contributed by atoms with van der Waals surface area (Å²) in [5.74, 6) is -1.02. The van der Waals surface area contributed by atoms with Crippen molar-refractivity contribution in [2.24, 2.45) is 5.92 Å². The van der Waals surface area contributed by atoms with Gasteiger partial charge in [0.05, 0.1) is 17.2 Å². The van der Waals surface area contributed by atoms with Gasteiger partial charge in [-0.15, -0.1) is 11.3 Å². The number of urea groups is 1. The molecule has 1 saturated carbocycles. The Morgan fingerprint density at radius 1 is 1.52 bits per heavy atom. The molecular formula is C14H21N3O3S. The maximum atomic E-state index is 12.0. The second-order valence-electron chi connectivity index (χ2n) is 5.59. The second-order valence-corrected chi connectivity index (χ2v) is 6.65. The molecule has 0 spiro atoms. The van der Waals surface area contributed by atoms with Crippen molar-refractivity contribution in [2.45, 2.75) is 51.6 Å². The van der Waals surface area contributed by atoms with Gasteiger partial charge in [-0.05, 0) is 25.7 Å². The van der Waals surface area contributed by atoms with Gasteiger partial charge in [0.15, 0.2) is 0 Å². The zero-order chi connectivity index (χ0) is 15.5. The standard InChI is InChI=1S/C14H21N3O3S/c1-9-5-3-4-6-14(9,12(18)19)17-13(20)15-7-11-8-21-10(2)16-11/h8-9H,3-7H2,1-2H3,(H,18,19)(H2,15,17,20). The normalized spacial score (nSPS) is 25.3. The van der Waals surface area contributed by atoms with Crippen molar-refractivity contribution in [2.75, 3.05) is 0 Å². The van der Waals surface area contributed by atoms with Crippen molar-refractivity contribution in [3.05, 3.63) is 16.1 Å². The Bertz CT molecular complexity index is 531. The number of carbonyl (C=O) groups excluding carboxylic acids is 1. The minimum absolute atomic E-state index is 0.0731. The minimum Gasteiger partial charge on any atom is -0.479 e. The van der Waals surface area contributed by atoms with E-state index in [1.807, 2.05) is 19.2 Å². The van der Waals surface area contributed by atoms with Crippen LogP contribution in [0.25, 0.3) is 0 Å². The molecule has 1 heterocycles. The molecule has 116 valence electrons. The van der Waals surface area contributed by atoms with Gasteiger partial charge in [0.25, 0.3) is 0 Å². The molecule has 3 N–H and O–H groups in total. The number of aromatic nitrogens is 1. The molecule has 1 fully saturated rings. The van der Waals surface area contributed by atoms with Crippen molar-refractivity contribution < 1.29 is 14.7 Å². The summed E-state index contributed by atoms with van der Waals surface area (Å²) in [6.45, 7) is 4.09. The largest absolute Gasteiger partial charge is 0.479 e. The summed E-state index contributed by atoms with van der Waals surface area (Å²) in [5.41, 5.74) is -0.367. The van der Waals surface area contributed by atoms with Crippen LogP contribution in [0.4, 0.5) is 4.79 Å². The van der Waals surface area contributed by atoms with Crippen LogP contribution in [-0.2, 0) is 11.3 Å². The van der Waals surface area contributed by atoms with Crippen LogP contribution in [-0.4, -0.2) is 27.6 Å². The molecule has 0 radical (unpaired) electrons. The summed E-state index contributed by atoms with van der Waals surface area (Å²) in [6.07, 6.45) is 3.13. The topological polar surface area (TPSA) is 91.3 Å². The van der Waals surface area contributed by atoms with Crippen molar-refractivity contribution >= 4 is 23.3 Å². The summed E-state index contributed by atoms with van der Waals surface area (Å²) in [7, 11) is 0. The number of nitrogens with one attached hydrogen (secondary N) is 2. The molecular weight excluding hydrogens is 290 g/mol. The van der Waals surface area contributed by atoms with E-state index in [0.717, 1.165) is 30.0 Å². The molecule has 0 saturated heterocycles. The quantitative estimate of drug-likeness (QED) is 0.795. The number of amides is 2. The molecule has 0 bridgehead atoms. The SMILES string of the molecule is Cc1nc(CNC(=O)NC2(C(=O)O)CCCCC2C)cs1. The highest BCUT2D eigenvalue weighted by Gasteiger charge is 2.46. The van der Waals surface area contributed by atoms with Crippen LogP contribution in [0.2, 0.25) is 0 Å². The third-order valence-corrected chi connectivity index (χ3v) is 4.94. The summed E-state index contributed by atoms with van der Waals surface area (Å²) in [5, 5.41) is 17.7. The number of carboxylic acids is 1. The first-order chi connectivity index (χ1) is 9.94. The van der Waals surface area contributed by atoms with Crippen LogP contribution in [0.1, 0.15) is 43.3 Å². The molecule has 2 amide bonds. The molecule has 1 aliphatic carbocycles. The third-order valence-electron chi connectivity index (χ3n) is 4.11. The van der Waals surface area contributed by atoms with E-state index in [0.29, 0.717) is 13.0 Å². The average molecular weight is 311 g/mol. The van der Waals surface area contributed by atoms with E-state index in [9.17, 15) is 14.7 Å². The van der Waals surface area contributed by atoms with E-state index < -0.39 is 17.5 Å². The molecule has 21 heavy (non-hydrogen) atoms. The summed E-state index contributed by atoms with van der Waals surface area (Å²) < 4.78 is 0. The van der Waals surface area contributed by atoms with Crippen molar-refractivity contribution in [1.82, 2.24) is 15.6 Å². The first-order valence-electron chi connectivity index (χ1n) is 7.14. The number of nitrogens with zero attached hydrogens (tertiary/aromatic N) is 1. The van der Waals surface area contributed by atoms with Gasteiger partial charge in [-0.2, -0.15) is 0 Å². The Morgan fingerprint density at radius 2 is 2.29 bits per heavy atom. The fourth-order valence-corrected chi connectivity index (χ4v) is 3.42. The van der Waals surface area contributed by atoms with Gasteiger partial charge in [0.1, 0.15) is 5.54 Å². The van der Waals surface area contributed by atoms with E-state index in [1.54, 1.807) is 0 Å². The molecule has 7 heteroatoms. The lowest BCUT2D eigenvalue weighted by atomic mass is 9.73. The van der Waals surface area contributed by atoms with Gasteiger partial charge >= 0.3 is 12.0 Å². The Balaban J connectivity index is 1.97. The molecule has 0 aromatic carbocycles. The second kappa shape index (κ2) is 6.43. The summed E-state index contributed by atoms with van der Waals surface area (Å²) in [4.78, 5) is 27.9. The Hall–Kier alpha value is -1.63. The van der Waals surface area contributed by atoms with Gasteiger partial charge in [0, 0.05) is 5.38 Å². The monoisotopic (exact) mass is 311 g/mol. The third kappa shape index (κ3) is 3.53. The number of hydrogen-bond donors (Lipinski definition) is 3. The Labute approximate surface area is 128 Å². The van der Waals surface area contributed by atoms with Gasteiger partial charge in [0.2, 0.25) is 0 Å². The van der Waals surface area contributed by atoms with Crippen LogP contribution in [0.15, 0.2) is 5.38 Å². The van der Waals surface area contributed by atoms with E-state index in [2.05, 4.69) is 15.6 Å². The predicted molar refractivity (Wildman–Crippen MR) is 80.2 cm³/mol. The fourth-order valence-electron chi connectivity index (χ4n) is 2.81. The number of aryl methyl sites for hydroxylation is 1. The molecule has 6 nitrogen and oxygen atoms in total. The summed E-state index contributed by atoms with van der Waals surface area (Å²) in [6, 6.07) is -0.447. The zero-order valence-electron chi connectivity index (χ0n) is 12.3. The average Bonchev–Trinajstić information content (AvgIpc) is 2.85. The van der Waals surface area contributed by atoms with E-state index in [1.165, 1.54) is 11.3 Å². The lowest BCUT2D eigenvalue weighted by molar-refractivity contribution is -0.148. The van der Waals surface area contributed by atoms with Crippen LogP contribution in [0, 0.1) is 12.8 Å². The molecule has 1 aliphatic rings. The van der Waals surface area contributed by atoms with Gasteiger partial charge in [-0.25, -0.2) is 14.6 Å². The first kappa shape index (κ1) is 15.8. The molecule has 0 aliphatic heterocycles. The number of thiazole rings is 1. The van der Waals surface area contributed by atoms with Gasteiger partial charge < -0.3 is 15.7 Å². The van der Waals surface area contributed by atoms with Crippen molar-refractivity contribution in [3.8, 4) is 0 Å². The maximum absolute atomic E-state index is 12.0. The van der Waals surface area contributed by atoms with Crippen molar-refractivity contribution in [1.29, 1.82) is 0 Å². The minimum atomic E-state index is -1.15. The highest BCUT2D eigenvalue weighted by atomic mass is 32.1. The zero-order valence-corrected chi connectivity index (χ0v) is 13.1. The molecule has 2 atom stereocenters. The number of carbonyl (C=O) groups is 2. The van der Waals surface area contributed by atoms with E-state index in [-0.39, 0.29) is 5.92 Å². The first-order valence-corrected chi connectivity index (χ1v) is 8.02. The number of aliphatic carboxylic acids is 1. The highest BCUT2D eigenvalue weighted by Crippen LogP contribution is 2.33. The molecule has 1 aromatic rings. The smallest absolute Gasteiger partial charge is 0.329 e. The number of hydrogen-bond acceptors (Lipinski definition) is 4. The highest BCUT2D eigenvalue weighted by molar-refractivity contribution is 7.09. The number of carboxylic acid groups (broad SMARTS) is 1. The van der Waals surface area contributed by atoms with Crippen LogP contribution in [0.3, 0.4) is 0 Å². The van der Waals surface area contributed by atoms with Gasteiger partial charge in [-0.3, -0.25) is 0 Å². The van der Waals surface area contributed by atoms with Crippen LogP contribution in [0.5, 0.6) is 0 Å². The number of rotatable bonds is 4. The predicted octanol–water partition coefficient (Wildman–Crippen LogP) is 2.28. The fraction of sp³-hybridized carbons (Fsp3) is 0.643. The molecule has 1 aromatic heterocycles. The maximum Gasteiger partial charge on any atom is 0.329 e. The lowest BCUT2D eigenvalue weighted by Gasteiger charge is -2.39. The van der Waals surface area contributed by atoms with Crippen LogP contribution < -0.4 is 10.6 Å². The van der Waals surface area contributed by atoms with Crippen LogP contribution >= 0.6 is 11.3 Å². The lowest BCUT2D eigenvalue weighted by Crippen LogP contribution is -2.61.